The number of rotatable bonds is 1. The summed E-state index contributed by atoms with van der Waals surface area (Å²) in [6.07, 6.45) is 3.64. The van der Waals surface area contributed by atoms with E-state index in [-0.39, 0.29) is 0 Å². The van der Waals surface area contributed by atoms with Crippen molar-refractivity contribution < 1.29 is 4.79 Å². The Morgan fingerprint density at radius 2 is 1.93 bits per heavy atom. The number of benzene rings is 1. The lowest BCUT2D eigenvalue weighted by molar-refractivity contribution is -0.120. The van der Waals surface area contributed by atoms with Gasteiger partial charge in [-0.05, 0) is 36.5 Å². The fourth-order valence-corrected chi connectivity index (χ4v) is 2.17. The van der Waals surface area contributed by atoms with Crippen molar-refractivity contribution >= 4 is 17.4 Å². The van der Waals surface area contributed by atoms with E-state index in [2.05, 4.69) is 0 Å². The van der Waals surface area contributed by atoms with Crippen molar-refractivity contribution in [2.45, 2.75) is 31.6 Å². The average molecular weight is 209 g/mol. The third-order valence-corrected chi connectivity index (χ3v) is 3.08. The first-order valence-corrected chi connectivity index (χ1v) is 5.40. The van der Waals surface area contributed by atoms with Crippen LogP contribution in [-0.4, -0.2) is 5.78 Å². The molecule has 0 heterocycles. The minimum atomic E-state index is 0.399. The van der Waals surface area contributed by atoms with Gasteiger partial charge in [0.25, 0.3) is 0 Å². The molecule has 0 aliphatic heterocycles. The second-order valence-corrected chi connectivity index (χ2v) is 4.32. The van der Waals surface area contributed by atoms with Crippen molar-refractivity contribution in [2.75, 3.05) is 0 Å². The highest BCUT2D eigenvalue weighted by Gasteiger charge is 2.20. The smallest absolute Gasteiger partial charge is 0.133 e. The molecule has 2 heteroatoms. The fourth-order valence-electron chi connectivity index (χ4n) is 2.04. The van der Waals surface area contributed by atoms with Gasteiger partial charge in [-0.2, -0.15) is 0 Å². The maximum absolute atomic E-state index is 11.3. The van der Waals surface area contributed by atoms with Gasteiger partial charge in [0.2, 0.25) is 0 Å². The summed E-state index contributed by atoms with van der Waals surface area (Å²) in [5, 5.41) is 0.760. The number of halogens is 1. The van der Waals surface area contributed by atoms with E-state index in [4.69, 9.17) is 11.6 Å². The Balaban J connectivity index is 2.14. The third kappa shape index (κ3) is 2.16. The summed E-state index contributed by atoms with van der Waals surface area (Å²) in [6, 6.07) is 7.86. The molecule has 0 radical (unpaired) electrons. The van der Waals surface area contributed by atoms with Gasteiger partial charge in [0, 0.05) is 17.9 Å². The number of Topliss-reactive ketones (excluding diaryl/α,β-unsaturated/α-hetero) is 1. The minimum absolute atomic E-state index is 0.399. The Hall–Kier alpha value is -0.820. The molecule has 0 spiro atoms. The quantitative estimate of drug-likeness (QED) is 0.690. The maximum Gasteiger partial charge on any atom is 0.133 e. The highest BCUT2D eigenvalue weighted by molar-refractivity contribution is 6.30. The summed E-state index contributed by atoms with van der Waals surface area (Å²) in [5.74, 6) is 0.824. The number of carbonyl (C=O) groups is 1. The first-order chi connectivity index (χ1) is 6.75. The second kappa shape index (κ2) is 4.14. The van der Waals surface area contributed by atoms with Crippen LogP contribution in [0.3, 0.4) is 0 Å². The molecular formula is C12H13ClO. The minimum Gasteiger partial charge on any atom is -0.300 e. The lowest BCUT2D eigenvalue weighted by Gasteiger charge is -2.20. The van der Waals surface area contributed by atoms with Crippen LogP contribution in [-0.2, 0) is 4.79 Å². The van der Waals surface area contributed by atoms with Gasteiger partial charge >= 0.3 is 0 Å². The van der Waals surface area contributed by atoms with Gasteiger partial charge in [-0.25, -0.2) is 0 Å². The molecule has 0 saturated heterocycles. The van der Waals surface area contributed by atoms with Crippen molar-refractivity contribution in [1.82, 2.24) is 0 Å². The summed E-state index contributed by atoms with van der Waals surface area (Å²) < 4.78 is 0. The Labute approximate surface area is 89.1 Å². The van der Waals surface area contributed by atoms with Crippen molar-refractivity contribution in [3.05, 3.63) is 34.9 Å². The van der Waals surface area contributed by atoms with Crippen molar-refractivity contribution in [3.63, 3.8) is 0 Å². The van der Waals surface area contributed by atoms with Crippen LogP contribution >= 0.6 is 11.6 Å². The lowest BCUT2D eigenvalue weighted by atomic mass is 9.83. The third-order valence-electron chi connectivity index (χ3n) is 2.82. The Bertz CT molecular complexity index is 329. The summed E-state index contributed by atoms with van der Waals surface area (Å²) in [4.78, 5) is 11.3. The van der Waals surface area contributed by atoms with Gasteiger partial charge in [-0.1, -0.05) is 23.7 Å². The van der Waals surface area contributed by atoms with Crippen LogP contribution in [0.15, 0.2) is 24.3 Å². The molecule has 1 aliphatic carbocycles. The van der Waals surface area contributed by atoms with Gasteiger partial charge in [-0.3, -0.25) is 4.79 Å². The fraction of sp³-hybridized carbons (Fsp3) is 0.417. The van der Waals surface area contributed by atoms with Crippen LogP contribution in [0.4, 0.5) is 0 Å². The molecule has 1 nitrogen and oxygen atoms in total. The monoisotopic (exact) mass is 208 g/mol. The molecule has 1 aromatic rings. The first kappa shape index (κ1) is 9.72. The molecule has 0 aromatic heterocycles. The van der Waals surface area contributed by atoms with E-state index in [1.807, 2.05) is 24.3 Å². The highest BCUT2D eigenvalue weighted by atomic mass is 35.5. The van der Waals surface area contributed by atoms with E-state index in [9.17, 15) is 4.79 Å². The van der Waals surface area contributed by atoms with E-state index in [0.29, 0.717) is 18.1 Å². The molecule has 1 saturated carbocycles. The molecule has 1 aromatic carbocycles. The Morgan fingerprint density at radius 1 is 1.21 bits per heavy atom. The summed E-state index contributed by atoms with van der Waals surface area (Å²) in [7, 11) is 0. The second-order valence-electron chi connectivity index (χ2n) is 3.88. The van der Waals surface area contributed by atoms with E-state index in [0.717, 1.165) is 24.3 Å². The van der Waals surface area contributed by atoms with Crippen molar-refractivity contribution in [2.24, 2.45) is 0 Å². The van der Waals surface area contributed by atoms with Gasteiger partial charge in [0.1, 0.15) is 5.78 Å². The number of ketones is 1. The molecule has 1 atom stereocenters. The molecular weight excluding hydrogens is 196 g/mol. The van der Waals surface area contributed by atoms with Gasteiger partial charge in [0.15, 0.2) is 0 Å². The standard InChI is InChI=1S/C12H13ClO/c13-11-6-4-9(5-7-11)10-2-1-3-12(14)8-10/h4-7,10H,1-3,8H2/t10-/m0/s1. The molecule has 0 amide bonds. The summed E-state index contributed by atoms with van der Waals surface area (Å²) >= 11 is 5.81. The largest absolute Gasteiger partial charge is 0.300 e. The highest BCUT2D eigenvalue weighted by Crippen LogP contribution is 2.31. The van der Waals surface area contributed by atoms with Crippen LogP contribution in [0.5, 0.6) is 0 Å². The zero-order valence-electron chi connectivity index (χ0n) is 8.00. The van der Waals surface area contributed by atoms with Crippen molar-refractivity contribution in [3.8, 4) is 0 Å². The van der Waals surface area contributed by atoms with E-state index >= 15 is 0 Å². The SMILES string of the molecule is O=C1CCC[C@H](c2ccc(Cl)cc2)C1. The van der Waals surface area contributed by atoms with Crippen LogP contribution in [0, 0.1) is 0 Å². The van der Waals surface area contributed by atoms with Gasteiger partial charge in [-0.15, -0.1) is 0 Å². The number of hydrogen-bond acceptors (Lipinski definition) is 1. The van der Waals surface area contributed by atoms with Crippen LogP contribution in [0.25, 0.3) is 0 Å². The van der Waals surface area contributed by atoms with E-state index in [1.165, 1.54) is 5.56 Å². The first-order valence-electron chi connectivity index (χ1n) is 5.03. The average Bonchev–Trinajstić information content (AvgIpc) is 2.19. The maximum atomic E-state index is 11.3. The van der Waals surface area contributed by atoms with Gasteiger partial charge < -0.3 is 0 Å². The number of hydrogen-bond donors (Lipinski definition) is 0. The van der Waals surface area contributed by atoms with E-state index < -0.39 is 0 Å². The predicted octanol–water partition coefficient (Wildman–Crippen LogP) is 3.57. The molecule has 0 N–H and O–H groups in total. The zero-order chi connectivity index (χ0) is 9.97. The molecule has 74 valence electrons. The van der Waals surface area contributed by atoms with Crippen molar-refractivity contribution in [1.29, 1.82) is 0 Å². The topological polar surface area (TPSA) is 17.1 Å². The van der Waals surface area contributed by atoms with Crippen LogP contribution in [0.2, 0.25) is 5.02 Å². The molecule has 1 fully saturated rings. The molecule has 0 unspecified atom stereocenters. The predicted molar refractivity (Wildman–Crippen MR) is 57.7 cm³/mol. The molecule has 2 rings (SSSR count). The molecule has 0 bridgehead atoms. The number of carbonyl (C=O) groups excluding carboxylic acids is 1. The zero-order valence-corrected chi connectivity index (χ0v) is 8.76. The molecule has 1 aliphatic rings. The van der Waals surface area contributed by atoms with Gasteiger partial charge in [0.05, 0.1) is 0 Å². The van der Waals surface area contributed by atoms with E-state index in [1.54, 1.807) is 0 Å². The van der Waals surface area contributed by atoms with Crippen LogP contribution in [0.1, 0.15) is 37.2 Å². The summed E-state index contributed by atoms with van der Waals surface area (Å²) in [5.41, 5.74) is 1.25. The summed E-state index contributed by atoms with van der Waals surface area (Å²) in [6.45, 7) is 0. The Morgan fingerprint density at radius 3 is 2.57 bits per heavy atom. The Kier molecular flexibility index (Phi) is 2.87. The lowest BCUT2D eigenvalue weighted by Crippen LogP contribution is -2.13. The van der Waals surface area contributed by atoms with Crippen LogP contribution < -0.4 is 0 Å². The molecule has 14 heavy (non-hydrogen) atoms. The normalized spacial score (nSPS) is 22.4.